The van der Waals surface area contributed by atoms with Crippen LogP contribution in [-0.2, 0) is 4.79 Å². The Labute approximate surface area is 145 Å². The average Bonchev–Trinajstić information content (AvgIpc) is 2.62. The number of halogens is 1. The molecule has 0 saturated carbocycles. The van der Waals surface area contributed by atoms with Gasteiger partial charge in [-0.15, -0.1) is 0 Å². The van der Waals surface area contributed by atoms with Crippen LogP contribution in [-0.4, -0.2) is 54.1 Å². The molecule has 3 rings (SSSR count). The third-order valence-corrected chi connectivity index (χ3v) is 5.16. The van der Waals surface area contributed by atoms with E-state index in [1.165, 1.54) is 6.42 Å². The van der Waals surface area contributed by atoms with Gasteiger partial charge in [0.05, 0.1) is 23.7 Å². The van der Waals surface area contributed by atoms with Gasteiger partial charge in [0.2, 0.25) is 17.7 Å². The van der Waals surface area contributed by atoms with Crippen molar-refractivity contribution in [3.63, 3.8) is 0 Å². The summed E-state index contributed by atoms with van der Waals surface area (Å²) in [4.78, 5) is 25.7. The number of aromatic nitrogens is 2. The van der Waals surface area contributed by atoms with Crippen molar-refractivity contribution in [3.8, 4) is 5.88 Å². The fraction of sp³-hybridized carbons (Fsp3) is 0.688. The van der Waals surface area contributed by atoms with Crippen LogP contribution in [0.2, 0.25) is 0 Å². The predicted octanol–water partition coefficient (Wildman–Crippen LogP) is 2.48. The first-order valence-corrected chi connectivity index (χ1v) is 9.08. The normalized spacial score (nSPS) is 22.1. The third kappa shape index (κ3) is 3.76. The molecule has 1 aromatic rings. The minimum absolute atomic E-state index is 0.0556. The van der Waals surface area contributed by atoms with E-state index in [9.17, 15) is 4.79 Å². The minimum atomic E-state index is 0.0556. The molecule has 7 heteroatoms. The summed E-state index contributed by atoms with van der Waals surface area (Å²) in [6.07, 6.45) is 7.17. The van der Waals surface area contributed by atoms with E-state index < -0.39 is 0 Å². The Kier molecular flexibility index (Phi) is 5.35. The molecule has 0 bridgehead atoms. The van der Waals surface area contributed by atoms with Gasteiger partial charge in [-0.2, -0.15) is 4.98 Å². The molecule has 2 aliphatic rings. The van der Waals surface area contributed by atoms with E-state index in [1.807, 2.05) is 4.90 Å². The first-order valence-electron chi connectivity index (χ1n) is 8.29. The van der Waals surface area contributed by atoms with Gasteiger partial charge in [-0.25, -0.2) is 4.98 Å². The number of hydrogen-bond donors (Lipinski definition) is 0. The lowest BCUT2D eigenvalue weighted by atomic mass is 9.95. The van der Waals surface area contributed by atoms with Crippen molar-refractivity contribution in [2.45, 2.75) is 32.1 Å². The van der Waals surface area contributed by atoms with Crippen LogP contribution in [0, 0.1) is 5.92 Å². The van der Waals surface area contributed by atoms with Crippen LogP contribution in [0.15, 0.2) is 10.7 Å². The molecule has 2 fully saturated rings. The van der Waals surface area contributed by atoms with Crippen molar-refractivity contribution in [3.05, 3.63) is 10.7 Å². The fourth-order valence-corrected chi connectivity index (χ4v) is 3.72. The molecule has 23 heavy (non-hydrogen) atoms. The molecule has 0 N–H and O–H groups in total. The Hall–Kier alpha value is -1.37. The maximum atomic E-state index is 12.7. The number of nitrogens with zero attached hydrogens (tertiary/aromatic N) is 4. The highest BCUT2D eigenvalue weighted by molar-refractivity contribution is 9.10. The Morgan fingerprint density at radius 1 is 1.26 bits per heavy atom. The number of ether oxygens (including phenoxy) is 1. The standard InChI is InChI=1S/C16H23BrN4O2/c1-23-14-13(17)10-18-16(19-14)21-9-5-6-12(11-21)15(22)20-7-3-2-4-8-20/h10,12H,2-9,11H2,1H3. The molecule has 126 valence electrons. The van der Waals surface area contributed by atoms with Crippen LogP contribution in [0.3, 0.4) is 0 Å². The summed E-state index contributed by atoms with van der Waals surface area (Å²) in [5.41, 5.74) is 0. The first-order chi connectivity index (χ1) is 11.2. The van der Waals surface area contributed by atoms with Crippen molar-refractivity contribution in [2.24, 2.45) is 5.92 Å². The quantitative estimate of drug-likeness (QED) is 0.803. The van der Waals surface area contributed by atoms with Gasteiger partial charge in [-0.3, -0.25) is 4.79 Å². The highest BCUT2D eigenvalue weighted by Crippen LogP contribution is 2.27. The number of likely N-dealkylation sites (tertiary alicyclic amines) is 1. The van der Waals surface area contributed by atoms with Crippen LogP contribution >= 0.6 is 15.9 Å². The van der Waals surface area contributed by atoms with E-state index in [-0.39, 0.29) is 5.92 Å². The van der Waals surface area contributed by atoms with E-state index in [4.69, 9.17) is 4.74 Å². The third-order valence-electron chi connectivity index (χ3n) is 4.61. The van der Waals surface area contributed by atoms with Gasteiger partial charge in [0.15, 0.2) is 0 Å². The van der Waals surface area contributed by atoms with Crippen LogP contribution in [0.5, 0.6) is 5.88 Å². The number of carbonyl (C=O) groups excluding carboxylic acids is 1. The summed E-state index contributed by atoms with van der Waals surface area (Å²) in [5.74, 6) is 1.53. The van der Waals surface area contributed by atoms with E-state index in [0.29, 0.717) is 24.3 Å². The Morgan fingerprint density at radius 3 is 2.78 bits per heavy atom. The monoisotopic (exact) mass is 382 g/mol. The second kappa shape index (κ2) is 7.47. The molecule has 0 aliphatic carbocycles. The molecule has 1 amide bonds. The van der Waals surface area contributed by atoms with Crippen molar-refractivity contribution in [2.75, 3.05) is 38.2 Å². The lowest BCUT2D eigenvalue weighted by molar-refractivity contribution is -0.136. The SMILES string of the molecule is COc1nc(N2CCCC(C(=O)N3CCCCC3)C2)ncc1Br. The largest absolute Gasteiger partial charge is 0.480 e. The van der Waals surface area contributed by atoms with E-state index in [2.05, 4.69) is 30.8 Å². The molecule has 1 unspecified atom stereocenters. The minimum Gasteiger partial charge on any atom is -0.480 e. The van der Waals surface area contributed by atoms with E-state index in [0.717, 1.165) is 49.8 Å². The van der Waals surface area contributed by atoms with Crippen LogP contribution in [0.1, 0.15) is 32.1 Å². The lowest BCUT2D eigenvalue weighted by Gasteiger charge is -2.36. The predicted molar refractivity (Wildman–Crippen MR) is 91.7 cm³/mol. The topological polar surface area (TPSA) is 58.6 Å². The van der Waals surface area contributed by atoms with E-state index in [1.54, 1.807) is 13.3 Å². The number of piperidine rings is 2. The number of anilines is 1. The summed E-state index contributed by atoms with van der Waals surface area (Å²) < 4.78 is 5.98. The van der Waals surface area contributed by atoms with Crippen LogP contribution in [0.25, 0.3) is 0 Å². The Morgan fingerprint density at radius 2 is 2.04 bits per heavy atom. The Balaban J connectivity index is 1.69. The Bertz CT molecular complexity index is 563. The number of methoxy groups -OCH3 is 1. The number of amides is 1. The van der Waals surface area contributed by atoms with Crippen LogP contribution in [0.4, 0.5) is 5.95 Å². The molecular weight excluding hydrogens is 360 g/mol. The molecule has 1 aromatic heterocycles. The number of carbonyl (C=O) groups is 1. The summed E-state index contributed by atoms with van der Waals surface area (Å²) in [6, 6.07) is 0. The van der Waals surface area contributed by atoms with Gasteiger partial charge < -0.3 is 14.5 Å². The molecule has 0 spiro atoms. The zero-order valence-corrected chi connectivity index (χ0v) is 15.1. The molecule has 6 nitrogen and oxygen atoms in total. The van der Waals surface area contributed by atoms with Crippen molar-refractivity contribution in [1.29, 1.82) is 0 Å². The maximum Gasteiger partial charge on any atom is 0.232 e. The molecular formula is C16H23BrN4O2. The summed E-state index contributed by atoms with van der Waals surface area (Å²) in [6.45, 7) is 3.41. The molecule has 3 heterocycles. The number of hydrogen-bond acceptors (Lipinski definition) is 5. The molecule has 1 atom stereocenters. The zero-order chi connectivity index (χ0) is 16.2. The van der Waals surface area contributed by atoms with Gasteiger partial charge in [-0.05, 0) is 48.0 Å². The molecule has 2 saturated heterocycles. The lowest BCUT2D eigenvalue weighted by Crippen LogP contribution is -2.46. The second-order valence-electron chi connectivity index (χ2n) is 6.20. The smallest absolute Gasteiger partial charge is 0.232 e. The van der Waals surface area contributed by atoms with Gasteiger partial charge in [-0.1, -0.05) is 0 Å². The van der Waals surface area contributed by atoms with Crippen molar-refractivity contribution < 1.29 is 9.53 Å². The summed E-state index contributed by atoms with van der Waals surface area (Å²) >= 11 is 3.37. The van der Waals surface area contributed by atoms with E-state index >= 15 is 0 Å². The maximum absolute atomic E-state index is 12.7. The van der Waals surface area contributed by atoms with Gasteiger partial charge in [0, 0.05) is 26.2 Å². The molecule has 0 aromatic carbocycles. The van der Waals surface area contributed by atoms with Gasteiger partial charge in [0.25, 0.3) is 0 Å². The molecule has 0 radical (unpaired) electrons. The second-order valence-corrected chi connectivity index (χ2v) is 7.05. The average molecular weight is 383 g/mol. The van der Waals surface area contributed by atoms with Crippen molar-refractivity contribution in [1.82, 2.24) is 14.9 Å². The summed E-state index contributed by atoms with van der Waals surface area (Å²) in [5, 5.41) is 0. The summed E-state index contributed by atoms with van der Waals surface area (Å²) in [7, 11) is 1.59. The molecule has 2 aliphatic heterocycles. The number of rotatable bonds is 3. The highest BCUT2D eigenvalue weighted by atomic mass is 79.9. The van der Waals surface area contributed by atoms with Crippen molar-refractivity contribution >= 4 is 27.8 Å². The highest BCUT2D eigenvalue weighted by Gasteiger charge is 2.31. The fourth-order valence-electron chi connectivity index (χ4n) is 3.37. The van der Waals surface area contributed by atoms with Crippen LogP contribution < -0.4 is 9.64 Å². The first kappa shape index (κ1) is 16.5. The zero-order valence-electron chi connectivity index (χ0n) is 13.5. The van der Waals surface area contributed by atoms with Gasteiger partial charge in [0.1, 0.15) is 0 Å². The van der Waals surface area contributed by atoms with Gasteiger partial charge >= 0.3 is 0 Å².